The van der Waals surface area contributed by atoms with Crippen LogP contribution in [0.4, 0.5) is 0 Å². The van der Waals surface area contributed by atoms with E-state index in [0.29, 0.717) is 12.8 Å². The van der Waals surface area contributed by atoms with Gasteiger partial charge in [0, 0.05) is 12.3 Å². The summed E-state index contributed by atoms with van der Waals surface area (Å²) in [6.45, 7) is 2.13. The third-order valence-electron chi connectivity index (χ3n) is 5.81. The molecular weight excluding hydrogens is 436 g/mol. The summed E-state index contributed by atoms with van der Waals surface area (Å²) in [5, 5.41) is 10.1. The zero-order chi connectivity index (χ0) is 23.9. The molecule has 6 heteroatoms. The van der Waals surface area contributed by atoms with Crippen LogP contribution in [0.1, 0.15) is 75.3 Å². The number of benzene rings is 2. The van der Waals surface area contributed by atoms with Crippen molar-refractivity contribution in [3.05, 3.63) is 71.8 Å². The van der Waals surface area contributed by atoms with Crippen LogP contribution in [-0.2, 0) is 25.5 Å². The van der Waals surface area contributed by atoms with Gasteiger partial charge in [0.2, 0.25) is 0 Å². The zero-order valence-electron chi connectivity index (χ0n) is 19.7. The van der Waals surface area contributed by atoms with Crippen LogP contribution >= 0.6 is 0 Å². The van der Waals surface area contributed by atoms with E-state index in [-0.39, 0.29) is 18.9 Å². The van der Waals surface area contributed by atoms with Crippen LogP contribution in [-0.4, -0.2) is 37.8 Å². The fourth-order valence-electron chi connectivity index (χ4n) is 3.84. The molecule has 182 valence electrons. The number of hydrogen-bond donors (Lipinski definition) is 1. The first-order valence-electron chi connectivity index (χ1n) is 12.1. The van der Waals surface area contributed by atoms with Crippen LogP contribution in [0.5, 0.6) is 0 Å². The lowest BCUT2D eigenvalue weighted by atomic mass is 9.93. The van der Waals surface area contributed by atoms with Gasteiger partial charge in [-0.3, -0.25) is 8.98 Å². The first-order chi connectivity index (χ1) is 15.9. The van der Waals surface area contributed by atoms with Gasteiger partial charge in [-0.25, -0.2) is 0 Å². The molecule has 0 aliphatic rings. The van der Waals surface area contributed by atoms with E-state index < -0.39 is 27.8 Å². The summed E-state index contributed by atoms with van der Waals surface area (Å²) in [4.78, 5) is 12.2. The minimum Gasteiger partial charge on any atom is -0.384 e. The van der Waals surface area contributed by atoms with E-state index in [1.54, 1.807) is 0 Å². The molecule has 0 aromatic heterocycles. The van der Waals surface area contributed by atoms with Crippen molar-refractivity contribution in [3.63, 3.8) is 0 Å². The topological polar surface area (TPSA) is 80.7 Å². The number of Topliss-reactive ketones (excluding diaryl/α,β-unsaturated/α-hetero) is 1. The highest BCUT2D eigenvalue weighted by Crippen LogP contribution is 2.22. The van der Waals surface area contributed by atoms with Crippen molar-refractivity contribution in [1.82, 2.24) is 0 Å². The Balaban J connectivity index is 1.83. The van der Waals surface area contributed by atoms with E-state index in [2.05, 4.69) is 6.92 Å². The third kappa shape index (κ3) is 11.1. The monoisotopic (exact) mass is 474 g/mol. The number of carbonyl (C=O) groups excluding carboxylic acids is 1. The highest BCUT2D eigenvalue weighted by atomic mass is 32.2. The molecule has 0 spiro atoms. The van der Waals surface area contributed by atoms with E-state index in [0.717, 1.165) is 30.4 Å². The fraction of sp³-hybridized carbons (Fsp3) is 0.519. The number of carbonyl (C=O) groups is 1. The highest BCUT2D eigenvalue weighted by molar-refractivity contribution is 7.86. The van der Waals surface area contributed by atoms with Crippen LogP contribution in [0, 0.1) is 0 Å². The zero-order valence-corrected chi connectivity index (χ0v) is 20.5. The van der Waals surface area contributed by atoms with Gasteiger partial charge in [-0.1, -0.05) is 106 Å². The number of aliphatic hydroxyl groups is 1. The molecule has 0 amide bonds. The largest absolute Gasteiger partial charge is 0.384 e. The van der Waals surface area contributed by atoms with Gasteiger partial charge < -0.3 is 5.11 Å². The molecule has 0 fully saturated rings. The Kier molecular flexibility index (Phi) is 12.4. The Morgan fingerprint density at radius 2 is 1.45 bits per heavy atom. The minimum atomic E-state index is -4.04. The van der Waals surface area contributed by atoms with E-state index >= 15 is 0 Å². The Morgan fingerprint density at radius 3 is 2.09 bits per heavy atom. The average molecular weight is 475 g/mol. The van der Waals surface area contributed by atoms with Crippen LogP contribution in [0.3, 0.4) is 0 Å². The van der Waals surface area contributed by atoms with Crippen molar-refractivity contribution >= 4 is 15.9 Å². The predicted octanol–water partition coefficient (Wildman–Crippen LogP) is 5.43. The lowest BCUT2D eigenvalue weighted by Crippen LogP contribution is -2.31. The number of rotatable bonds is 17. The summed E-state index contributed by atoms with van der Waals surface area (Å²) in [5.74, 6) is -1.29. The number of unbranched alkanes of at least 4 members (excludes halogenated alkanes) is 6. The number of ketones is 1. The molecule has 2 aromatic carbocycles. The van der Waals surface area contributed by atoms with E-state index in [1.807, 2.05) is 60.7 Å². The second-order valence-electron chi connectivity index (χ2n) is 8.66. The van der Waals surface area contributed by atoms with Crippen molar-refractivity contribution in [3.8, 4) is 0 Å². The smallest absolute Gasteiger partial charge is 0.270 e. The minimum absolute atomic E-state index is 0.0418. The fourth-order valence-corrected chi connectivity index (χ4v) is 4.88. The first kappa shape index (κ1) is 27.2. The van der Waals surface area contributed by atoms with Gasteiger partial charge in [-0.2, -0.15) is 8.42 Å². The molecule has 0 saturated carbocycles. The normalized spacial score (nSPS) is 13.5. The maximum Gasteiger partial charge on any atom is 0.270 e. The highest BCUT2D eigenvalue weighted by Gasteiger charge is 2.25. The molecular formula is C27H38O5S. The molecule has 2 unspecified atom stereocenters. The van der Waals surface area contributed by atoms with Crippen molar-refractivity contribution in [1.29, 1.82) is 0 Å². The van der Waals surface area contributed by atoms with E-state index in [9.17, 15) is 18.3 Å². The van der Waals surface area contributed by atoms with Crippen LogP contribution in [0.2, 0.25) is 0 Å². The van der Waals surface area contributed by atoms with Gasteiger partial charge in [-0.15, -0.1) is 0 Å². The van der Waals surface area contributed by atoms with Crippen LogP contribution in [0.15, 0.2) is 60.7 Å². The van der Waals surface area contributed by atoms with E-state index in [1.165, 1.54) is 19.3 Å². The SMILES string of the molecule is CCCCCCCCCC(=O)C(O)CS(=O)(=O)OCC(Cc1ccccc1)c1ccccc1. The summed E-state index contributed by atoms with van der Waals surface area (Å²) >= 11 is 0. The summed E-state index contributed by atoms with van der Waals surface area (Å²) in [6.07, 6.45) is 6.72. The van der Waals surface area contributed by atoms with Crippen molar-refractivity contribution in [2.24, 2.45) is 0 Å². The molecule has 0 aliphatic carbocycles. The second-order valence-corrected chi connectivity index (χ2v) is 10.3. The molecule has 33 heavy (non-hydrogen) atoms. The first-order valence-corrected chi connectivity index (χ1v) is 13.7. The summed E-state index contributed by atoms with van der Waals surface area (Å²) in [6, 6.07) is 19.5. The Bertz CT molecular complexity index is 897. The van der Waals surface area contributed by atoms with Crippen molar-refractivity contribution in [2.75, 3.05) is 12.4 Å². The molecule has 1 N–H and O–H groups in total. The quantitative estimate of drug-likeness (QED) is 0.244. The summed E-state index contributed by atoms with van der Waals surface area (Å²) in [5.41, 5.74) is 2.06. The van der Waals surface area contributed by atoms with E-state index in [4.69, 9.17) is 4.18 Å². The lowest BCUT2D eigenvalue weighted by molar-refractivity contribution is -0.126. The lowest BCUT2D eigenvalue weighted by Gasteiger charge is -2.18. The molecule has 0 aliphatic heterocycles. The van der Waals surface area contributed by atoms with Gasteiger partial charge in [0.25, 0.3) is 10.1 Å². The molecule has 2 aromatic rings. The third-order valence-corrected chi connectivity index (χ3v) is 7.02. The summed E-state index contributed by atoms with van der Waals surface area (Å²) in [7, 11) is -4.04. The Morgan fingerprint density at radius 1 is 0.879 bits per heavy atom. The number of aliphatic hydroxyl groups excluding tert-OH is 1. The Hall–Kier alpha value is -2.02. The molecule has 0 heterocycles. The van der Waals surface area contributed by atoms with Crippen molar-refractivity contribution < 1.29 is 22.5 Å². The predicted molar refractivity (Wildman–Crippen MR) is 133 cm³/mol. The van der Waals surface area contributed by atoms with Gasteiger partial charge in [0.15, 0.2) is 5.78 Å². The standard InChI is InChI=1S/C27H38O5S/c1-2-3-4-5-6-7-14-19-26(28)27(29)22-33(30,31)32-21-25(24-17-12-9-13-18-24)20-23-15-10-8-11-16-23/h8-13,15-18,25,27,29H,2-7,14,19-22H2,1H3. The molecule has 5 nitrogen and oxygen atoms in total. The molecule has 0 saturated heterocycles. The molecule has 2 rings (SSSR count). The van der Waals surface area contributed by atoms with Gasteiger partial charge >= 0.3 is 0 Å². The van der Waals surface area contributed by atoms with Crippen molar-refractivity contribution in [2.45, 2.75) is 76.7 Å². The Labute approximate surface area is 199 Å². The second kappa shape index (κ2) is 15.0. The molecule has 0 radical (unpaired) electrons. The van der Waals surface area contributed by atoms with Crippen LogP contribution in [0.25, 0.3) is 0 Å². The average Bonchev–Trinajstić information content (AvgIpc) is 2.82. The molecule has 2 atom stereocenters. The molecule has 0 bridgehead atoms. The van der Waals surface area contributed by atoms with Crippen LogP contribution < -0.4 is 0 Å². The maximum atomic E-state index is 12.5. The number of hydrogen-bond acceptors (Lipinski definition) is 5. The van der Waals surface area contributed by atoms with Gasteiger partial charge in [-0.05, 0) is 24.0 Å². The maximum absolute atomic E-state index is 12.5. The van der Waals surface area contributed by atoms with Gasteiger partial charge in [0.05, 0.1) is 6.61 Å². The summed E-state index contributed by atoms with van der Waals surface area (Å²) < 4.78 is 30.2. The van der Waals surface area contributed by atoms with Gasteiger partial charge in [0.1, 0.15) is 11.9 Å².